The molecule has 1 fully saturated rings. The van der Waals surface area contributed by atoms with Crippen LogP contribution in [0.1, 0.15) is 13.3 Å². The van der Waals surface area contributed by atoms with Gasteiger partial charge in [-0.05, 0) is 12.3 Å². The number of nitrogens with two attached hydrogens (primary N) is 1. The molecule has 1 saturated heterocycles. The van der Waals surface area contributed by atoms with Crippen LogP contribution < -0.4 is 5.73 Å². The van der Waals surface area contributed by atoms with Gasteiger partial charge in [-0.15, -0.1) is 0 Å². The fourth-order valence-electron chi connectivity index (χ4n) is 1.04. The molecule has 0 saturated carbocycles. The molecule has 2 atom stereocenters. The van der Waals surface area contributed by atoms with Gasteiger partial charge in [0, 0.05) is 6.04 Å². The first-order chi connectivity index (χ1) is 3.84. The maximum Gasteiger partial charge on any atom is 0.0621 e. The molecule has 0 aliphatic carbocycles. The highest BCUT2D eigenvalue weighted by molar-refractivity contribution is 4.75. The highest BCUT2D eigenvalue weighted by atomic mass is 16.5. The normalized spacial score (nSPS) is 38.2. The summed E-state index contributed by atoms with van der Waals surface area (Å²) in [4.78, 5) is 0. The molecule has 48 valence electrons. The summed E-state index contributed by atoms with van der Waals surface area (Å²) in [6.07, 6.45) is 1.15. The molecule has 0 radical (unpaired) electrons. The van der Waals surface area contributed by atoms with E-state index >= 15 is 0 Å². The largest absolute Gasteiger partial charge is 0.379 e. The monoisotopic (exact) mass is 115 g/mol. The van der Waals surface area contributed by atoms with Gasteiger partial charge >= 0.3 is 0 Å². The zero-order chi connectivity index (χ0) is 5.98. The molecule has 0 bridgehead atoms. The second kappa shape index (κ2) is 2.46. The van der Waals surface area contributed by atoms with E-state index in [-0.39, 0.29) is 0 Å². The zero-order valence-corrected chi connectivity index (χ0v) is 5.26. The van der Waals surface area contributed by atoms with Crippen LogP contribution in [0.4, 0.5) is 0 Å². The molecule has 0 aromatic heterocycles. The summed E-state index contributed by atoms with van der Waals surface area (Å²) in [5.74, 6) is 0.620. The molecule has 1 heterocycles. The van der Waals surface area contributed by atoms with Gasteiger partial charge in [0.2, 0.25) is 0 Å². The van der Waals surface area contributed by atoms with E-state index in [0.29, 0.717) is 12.0 Å². The van der Waals surface area contributed by atoms with Crippen LogP contribution in [0.25, 0.3) is 0 Å². The van der Waals surface area contributed by atoms with Crippen molar-refractivity contribution in [2.24, 2.45) is 11.7 Å². The predicted octanol–water partition coefficient (Wildman–Crippen LogP) is 0.370. The molecule has 8 heavy (non-hydrogen) atoms. The molecule has 0 spiro atoms. The Hall–Kier alpha value is -0.0800. The second-order valence-corrected chi connectivity index (χ2v) is 2.37. The first kappa shape index (κ1) is 6.05. The molecule has 0 unspecified atom stereocenters. The van der Waals surface area contributed by atoms with E-state index in [1.807, 2.05) is 0 Å². The average molecular weight is 115 g/mol. The maximum absolute atomic E-state index is 5.66. The number of ether oxygens (including phenoxy) is 1. The summed E-state index contributed by atoms with van der Waals surface area (Å²) in [6.45, 7) is 3.79. The second-order valence-electron chi connectivity index (χ2n) is 2.37. The lowest BCUT2D eigenvalue weighted by Crippen LogP contribution is -2.27. The van der Waals surface area contributed by atoms with Crippen molar-refractivity contribution in [3.63, 3.8) is 0 Å². The van der Waals surface area contributed by atoms with E-state index in [1.54, 1.807) is 0 Å². The van der Waals surface area contributed by atoms with Gasteiger partial charge in [-0.1, -0.05) is 6.92 Å². The Morgan fingerprint density at radius 3 is 2.62 bits per heavy atom. The van der Waals surface area contributed by atoms with Crippen molar-refractivity contribution >= 4 is 0 Å². The van der Waals surface area contributed by atoms with E-state index < -0.39 is 0 Å². The van der Waals surface area contributed by atoms with Crippen molar-refractivity contribution in [1.29, 1.82) is 0 Å². The molecule has 1 rings (SSSR count). The Morgan fingerprint density at radius 2 is 2.38 bits per heavy atom. The summed E-state index contributed by atoms with van der Waals surface area (Å²) >= 11 is 0. The molecule has 2 heteroatoms. The first-order valence-electron chi connectivity index (χ1n) is 3.18. The number of rotatable bonds is 1. The Balaban J connectivity index is 2.30. The van der Waals surface area contributed by atoms with E-state index in [0.717, 1.165) is 19.6 Å². The van der Waals surface area contributed by atoms with Gasteiger partial charge in [-0.3, -0.25) is 0 Å². The number of hydrogen-bond donors (Lipinski definition) is 1. The smallest absolute Gasteiger partial charge is 0.0621 e. The zero-order valence-electron chi connectivity index (χ0n) is 5.26. The van der Waals surface area contributed by atoms with Crippen LogP contribution in [0, 0.1) is 5.92 Å². The van der Waals surface area contributed by atoms with Gasteiger partial charge in [0.1, 0.15) is 0 Å². The number of hydrogen-bond acceptors (Lipinski definition) is 2. The minimum absolute atomic E-state index is 0.306. The van der Waals surface area contributed by atoms with Crippen LogP contribution in [0.2, 0.25) is 0 Å². The summed E-state index contributed by atoms with van der Waals surface area (Å²) < 4.78 is 5.14. The molecule has 1 aliphatic heterocycles. The Kier molecular flexibility index (Phi) is 1.86. The van der Waals surface area contributed by atoms with E-state index in [4.69, 9.17) is 10.5 Å². The van der Waals surface area contributed by atoms with Crippen LogP contribution in [0.15, 0.2) is 0 Å². The van der Waals surface area contributed by atoms with Gasteiger partial charge in [-0.25, -0.2) is 0 Å². The van der Waals surface area contributed by atoms with Crippen molar-refractivity contribution < 1.29 is 4.74 Å². The van der Waals surface area contributed by atoms with Crippen molar-refractivity contribution in [1.82, 2.24) is 0 Å². The quantitative estimate of drug-likeness (QED) is 0.536. The molecule has 0 aromatic rings. The molecule has 0 amide bonds. The summed E-state index contributed by atoms with van der Waals surface area (Å²) in [7, 11) is 0. The van der Waals surface area contributed by atoms with Gasteiger partial charge < -0.3 is 10.5 Å². The molecule has 1 aliphatic rings. The first-order valence-corrected chi connectivity index (χ1v) is 3.18. The SMILES string of the molecule is CC[C@@H]1COC[C@@H]1N. The van der Waals surface area contributed by atoms with Crippen LogP contribution >= 0.6 is 0 Å². The van der Waals surface area contributed by atoms with Gasteiger partial charge in [0.15, 0.2) is 0 Å². The molecular weight excluding hydrogens is 102 g/mol. The molecule has 2 nitrogen and oxygen atoms in total. The fraction of sp³-hybridized carbons (Fsp3) is 1.00. The van der Waals surface area contributed by atoms with Crippen LogP contribution in [0.5, 0.6) is 0 Å². The summed E-state index contributed by atoms with van der Waals surface area (Å²) in [5.41, 5.74) is 5.66. The summed E-state index contributed by atoms with van der Waals surface area (Å²) in [6, 6.07) is 0.306. The summed E-state index contributed by atoms with van der Waals surface area (Å²) in [5, 5.41) is 0. The van der Waals surface area contributed by atoms with Gasteiger partial charge in [0.25, 0.3) is 0 Å². The average Bonchev–Trinajstić information content (AvgIpc) is 2.14. The molecule has 0 aromatic carbocycles. The highest BCUT2D eigenvalue weighted by Crippen LogP contribution is 2.13. The molecular formula is C6H13NO. The van der Waals surface area contributed by atoms with E-state index in [9.17, 15) is 0 Å². The van der Waals surface area contributed by atoms with E-state index in [2.05, 4.69) is 6.92 Å². The van der Waals surface area contributed by atoms with E-state index in [1.165, 1.54) is 0 Å². The Labute approximate surface area is 50.0 Å². The third-order valence-electron chi connectivity index (χ3n) is 1.77. The minimum atomic E-state index is 0.306. The van der Waals surface area contributed by atoms with Crippen molar-refractivity contribution in [2.75, 3.05) is 13.2 Å². The molecule has 2 N–H and O–H groups in total. The van der Waals surface area contributed by atoms with Crippen LogP contribution in [-0.4, -0.2) is 19.3 Å². The third-order valence-corrected chi connectivity index (χ3v) is 1.77. The Bertz CT molecular complexity index is 74.9. The lowest BCUT2D eigenvalue weighted by Gasteiger charge is -2.07. The van der Waals surface area contributed by atoms with Crippen LogP contribution in [0.3, 0.4) is 0 Å². The third kappa shape index (κ3) is 1.01. The van der Waals surface area contributed by atoms with Crippen molar-refractivity contribution in [3.8, 4) is 0 Å². The Morgan fingerprint density at radius 1 is 1.62 bits per heavy atom. The predicted molar refractivity (Wildman–Crippen MR) is 32.6 cm³/mol. The van der Waals surface area contributed by atoms with Gasteiger partial charge in [0.05, 0.1) is 13.2 Å². The minimum Gasteiger partial charge on any atom is -0.379 e. The van der Waals surface area contributed by atoms with Crippen molar-refractivity contribution in [3.05, 3.63) is 0 Å². The lowest BCUT2D eigenvalue weighted by atomic mass is 10.0. The van der Waals surface area contributed by atoms with Crippen molar-refractivity contribution in [2.45, 2.75) is 19.4 Å². The van der Waals surface area contributed by atoms with Gasteiger partial charge in [-0.2, -0.15) is 0 Å². The maximum atomic E-state index is 5.66. The fourth-order valence-corrected chi connectivity index (χ4v) is 1.04. The van der Waals surface area contributed by atoms with Crippen LogP contribution in [-0.2, 0) is 4.74 Å². The lowest BCUT2D eigenvalue weighted by molar-refractivity contribution is 0.183. The topological polar surface area (TPSA) is 35.2 Å². The highest BCUT2D eigenvalue weighted by Gasteiger charge is 2.22. The standard InChI is InChI=1S/C6H13NO/c1-2-5-3-8-4-6(5)7/h5-6H,2-4,7H2,1H3/t5-,6+/m1/s1.